The summed E-state index contributed by atoms with van der Waals surface area (Å²) in [6, 6.07) is 0. The van der Waals surface area contributed by atoms with Crippen molar-refractivity contribution in [3.05, 3.63) is 0 Å². The van der Waals surface area contributed by atoms with Crippen LogP contribution < -0.4 is 0 Å². The van der Waals surface area contributed by atoms with Gasteiger partial charge in [-0.3, -0.25) is 0 Å². The van der Waals surface area contributed by atoms with Gasteiger partial charge in [-0.2, -0.15) is 87.8 Å². The van der Waals surface area contributed by atoms with Crippen molar-refractivity contribution in [2.45, 2.75) is 59.6 Å². The highest BCUT2D eigenvalue weighted by Gasteiger charge is 2.99. The smallest absolute Gasteiger partial charge is 0.381 e. The van der Waals surface area contributed by atoms with Gasteiger partial charge in [-0.25, -0.2) is 4.79 Å². The molecule has 0 saturated carbocycles. The van der Waals surface area contributed by atoms with Crippen molar-refractivity contribution in [3.63, 3.8) is 0 Å². The first-order valence-corrected chi connectivity index (χ1v) is 7.05. The van der Waals surface area contributed by atoms with Gasteiger partial charge in [-0.15, -0.1) is 0 Å². The van der Waals surface area contributed by atoms with E-state index in [4.69, 9.17) is 0 Å². The van der Waals surface area contributed by atoms with Crippen LogP contribution in [-0.2, 0) is 9.47 Å². The predicted octanol–water partition coefficient (Wildman–Crippen LogP) is 6.42. The van der Waals surface area contributed by atoms with Crippen molar-refractivity contribution >= 4 is 6.16 Å². The number of hydrogen-bond donors (Lipinski definition) is 0. The van der Waals surface area contributed by atoms with Crippen molar-refractivity contribution in [1.82, 2.24) is 0 Å². The number of cyclic esters (lactones) is 2. The second-order valence-electron chi connectivity index (χ2n) is 6.08. The molecule has 3 nitrogen and oxygen atoms in total. The molecule has 0 N–H and O–H groups in total. The maximum absolute atomic E-state index is 13.7. The van der Waals surface area contributed by atoms with E-state index in [0.717, 1.165) is 0 Å². The zero-order valence-corrected chi connectivity index (χ0v) is 14.3. The van der Waals surface area contributed by atoms with E-state index in [0.29, 0.717) is 0 Å². The minimum absolute atomic E-state index is 2.18. The van der Waals surface area contributed by atoms with Gasteiger partial charge in [0.15, 0.2) is 0 Å². The van der Waals surface area contributed by atoms with Gasteiger partial charge in [-0.1, -0.05) is 0 Å². The molecule has 23 heteroatoms. The van der Waals surface area contributed by atoms with E-state index in [1.165, 1.54) is 0 Å². The summed E-state index contributed by atoms with van der Waals surface area (Å²) < 4.78 is 265. The van der Waals surface area contributed by atoms with Crippen LogP contribution in [0.25, 0.3) is 0 Å². The minimum Gasteiger partial charge on any atom is -0.381 e. The molecule has 0 aromatic rings. The lowest BCUT2D eigenvalue weighted by Gasteiger charge is -2.44. The molecule has 1 atom stereocenters. The summed E-state index contributed by atoms with van der Waals surface area (Å²) in [5.74, 6) is -69.0. The molecule has 0 aromatic heterocycles. The maximum Gasteiger partial charge on any atom is 0.516 e. The lowest BCUT2D eigenvalue weighted by Crippen LogP contribution is -2.77. The van der Waals surface area contributed by atoms with Gasteiger partial charge in [0.1, 0.15) is 0 Å². The third-order valence-corrected chi connectivity index (χ3v) is 3.94. The Morgan fingerprint density at radius 1 is 0.471 bits per heavy atom. The quantitative estimate of drug-likeness (QED) is 0.267. The zero-order chi connectivity index (χ0) is 28.0. The molecular weight excluding hydrogens is 560 g/mol. The first-order valence-electron chi connectivity index (χ1n) is 7.05. The Morgan fingerprint density at radius 2 is 0.765 bits per heavy atom. The Bertz CT molecular complexity index is 826. The normalized spacial score (nSPS) is 23.6. The number of carbonyl (C=O) groups excluding carboxylic acids is 1. The van der Waals surface area contributed by atoms with Gasteiger partial charge in [0.05, 0.1) is 0 Å². The minimum atomic E-state index is -9.12. The van der Waals surface area contributed by atoms with Crippen LogP contribution in [0.1, 0.15) is 0 Å². The molecule has 1 unspecified atom stereocenters. The van der Waals surface area contributed by atoms with Crippen LogP contribution in [-0.4, -0.2) is 65.8 Å². The second-order valence-corrected chi connectivity index (χ2v) is 6.08. The Morgan fingerprint density at radius 3 is 1.03 bits per heavy atom. The summed E-state index contributed by atoms with van der Waals surface area (Å²) >= 11 is 0. The average molecular weight is 560 g/mol. The molecule has 1 rings (SSSR count). The first-order chi connectivity index (χ1) is 14.4. The lowest BCUT2D eigenvalue weighted by molar-refractivity contribution is -0.479. The summed E-state index contributed by atoms with van der Waals surface area (Å²) in [5, 5.41) is 0. The fraction of sp³-hybridized carbons (Fsp3) is 0.909. The molecule has 202 valence electrons. The van der Waals surface area contributed by atoms with Crippen LogP contribution >= 0.6 is 0 Å². The van der Waals surface area contributed by atoms with Gasteiger partial charge in [0, 0.05) is 0 Å². The monoisotopic (exact) mass is 560 g/mol. The highest BCUT2D eigenvalue weighted by atomic mass is 19.4. The average Bonchev–Trinajstić information content (AvgIpc) is 2.80. The van der Waals surface area contributed by atoms with Crippen LogP contribution in [0.4, 0.5) is 92.6 Å². The van der Waals surface area contributed by atoms with Crippen molar-refractivity contribution in [2.75, 3.05) is 0 Å². The van der Waals surface area contributed by atoms with Gasteiger partial charge >= 0.3 is 65.8 Å². The molecule has 0 aromatic carbocycles. The first kappa shape index (κ1) is 29.9. The Balaban J connectivity index is 3.78. The maximum atomic E-state index is 13.7. The van der Waals surface area contributed by atoms with Crippen molar-refractivity contribution in [3.8, 4) is 0 Å². The fourth-order valence-electron chi connectivity index (χ4n) is 1.98. The number of halogens is 20. The molecule has 0 amide bonds. The number of rotatable bonds is 7. The van der Waals surface area contributed by atoms with Crippen molar-refractivity contribution < 1.29 is 102 Å². The molecular formula is C11F20O3. The van der Waals surface area contributed by atoms with Gasteiger partial charge in [0.25, 0.3) is 0 Å². The SMILES string of the molecule is O=C1OC(F)(F)C(F)(C(F)(F)C(F)(F)C(F)(F)C(F)(F)C(F)(F)C(F)(F)C(F)(F)C(F)(F)F)O1. The van der Waals surface area contributed by atoms with E-state index in [-0.39, 0.29) is 0 Å². The molecule has 0 bridgehead atoms. The van der Waals surface area contributed by atoms with E-state index in [9.17, 15) is 92.6 Å². The van der Waals surface area contributed by atoms with E-state index in [1.54, 1.807) is 0 Å². The lowest BCUT2D eigenvalue weighted by atomic mass is 9.87. The standard InChI is InChI=1S/C11F20O3/c12-2(13,4(16,17)6(20,21)8(24,25)10(27,28)29)3(14,15)5(18,19)7(22,23)9(26)11(30,31)34-1(32)33-9. The highest BCUT2D eigenvalue weighted by molar-refractivity contribution is 5.63. The Kier molecular flexibility index (Phi) is 6.13. The third kappa shape index (κ3) is 3.15. The van der Waals surface area contributed by atoms with Crippen LogP contribution in [0, 0.1) is 0 Å². The summed E-state index contributed by atoms with van der Waals surface area (Å²) in [5.41, 5.74) is 0. The molecule has 34 heavy (non-hydrogen) atoms. The van der Waals surface area contributed by atoms with E-state index in [1.807, 2.05) is 0 Å². The summed E-state index contributed by atoms with van der Waals surface area (Å²) in [7, 11) is 0. The van der Waals surface area contributed by atoms with Crippen molar-refractivity contribution in [2.24, 2.45) is 0 Å². The van der Waals surface area contributed by atoms with E-state index in [2.05, 4.69) is 9.47 Å². The number of alkyl halides is 20. The van der Waals surface area contributed by atoms with Crippen LogP contribution in [0.2, 0.25) is 0 Å². The Labute approximate surface area is 169 Å². The zero-order valence-electron chi connectivity index (χ0n) is 14.3. The predicted molar refractivity (Wildman–Crippen MR) is 57.0 cm³/mol. The number of carbonyl (C=O) groups is 1. The molecule has 1 heterocycles. The fourth-order valence-corrected chi connectivity index (χ4v) is 1.98. The molecule has 1 aliphatic heterocycles. The Hall–Kier alpha value is -2.13. The largest absolute Gasteiger partial charge is 0.516 e. The van der Waals surface area contributed by atoms with Crippen LogP contribution in [0.3, 0.4) is 0 Å². The van der Waals surface area contributed by atoms with Gasteiger partial charge in [-0.05, 0) is 0 Å². The third-order valence-electron chi connectivity index (χ3n) is 3.94. The number of hydrogen-bond acceptors (Lipinski definition) is 3. The molecule has 0 radical (unpaired) electrons. The van der Waals surface area contributed by atoms with Crippen molar-refractivity contribution in [1.29, 1.82) is 0 Å². The topological polar surface area (TPSA) is 35.5 Å². The summed E-state index contributed by atoms with van der Waals surface area (Å²) in [6.45, 7) is 0. The van der Waals surface area contributed by atoms with E-state index < -0.39 is 65.8 Å². The molecule has 1 fully saturated rings. The number of ether oxygens (including phenoxy) is 2. The van der Waals surface area contributed by atoms with Crippen LogP contribution in [0.15, 0.2) is 0 Å². The van der Waals surface area contributed by atoms with Gasteiger partial charge in [0.2, 0.25) is 0 Å². The molecule has 0 spiro atoms. The second kappa shape index (κ2) is 6.97. The molecule has 1 saturated heterocycles. The van der Waals surface area contributed by atoms with E-state index >= 15 is 0 Å². The van der Waals surface area contributed by atoms with Gasteiger partial charge < -0.3 is 9.47 Å². The molecule has 0 aliphatic carbocycles. The summed E-state index contributed by atoms with van der Waals surface area (Å²) in [4.78, 5) is 10.3. The highest BCUT2D eigenvalue weighted by Crippen LogP contribution is 2.66. The summed E-state index contributed by atoms with van der Waals surface area (Å²) in [6.07, 6.45) is -18.2. The molecule has 1 aliphatic rings. The van der Waals surface area contributed by atoms with Crippen LogP contribution in [0.5, 0.6) is 0 Å².